The predicted octanol–water partition coefficient (Wildman–Crippen LogP) is 2.63. The van der Waals surface area contributed by atoms with Crippen molar-refractivity contribution >= 4 is 29.4 Å². The number of amides is 1. The second kappa shape index (κ2) is 9.09. The first-order valence-corrected chi connectivity index (χ1v) is 9.11. The molecule has 0 atom stereocenters. The van der Waals surface area contributed by atoms with Gasteiger partial charge in [-0.15, -0.1) is 0 Å². The van der Waals surface area contributed by atoms with Gasteiger partial charge in [-0.1, -0.05) is 23.7 Å². The van der Waals surface area contributed by atoms with E-state index in [4.69, 9.17) is 11.6 Å². The molecule has 11 heteroatoms. The lowest BCUT2D eigenvalue weighted by atomic mass is 10.2. The van der Waals surface area contributed by atoms with Gasteiger partial charge in [0.2, 0.25) is 0 Å². The number of hydrazone groups is 1. The summed E-state index contributed by atoms with van der Waals surface area (Å²) >= 11 is 5.95. The fraction of sp³-hybridized carbons (Fsp3) is 0.0500. The van der Waals surface area contributed by atoms with E-state index in [9.17, 15) is 29.9 Å². The Morgan fingerprint density at radius 2 is 1.97 bits per heavy atom. The molecule has 0 unspecified atom stereocenters. The van der Waals surface area contributed by atoms with Crippen molar-refractivity contribution in [1.82, 2.24) is 9.99 Å². The molecule has 31 heavy (non-hydrogen) atoms. The molecule has 3 N–H and O–H groups in total. The van der Waals surface area contributed by atoms with Gasteiger partial charge in [0.05, 0.1) is 17.7 Å². The predicted molar refractivity (Wildman–Crippen MR) is 113 cm³/mol. The standard InChI is InChI=1S/C20H15ClN4O6/c21-14-4-1-3-12(7-14)11-24-6-2-5-15(20(24)29)19(28)23-22-10-13-8-16(25(30)31)18(27)9-17(13)26/h1-10,26-27H,11H2,(H,23,28)/b22-10-. The van der Waals surface area contributed by atoms with E-state index in [1.165, 1.54) is 22.9 Å². The highest BCUT2D eigenvalue weighted by molar-refractivity contribution is 6.30. The van der Waals surface area contributed by atoms with E-state index in [-0.39, 0.29) is 17.7 Å². The molecule has 0 aliphatic rings. The van der Waals surface area contributed by atoms with Gasteiger partial charge in [-0.2, -0.15) is 5.10 Å². The van der Waals surface area contributed by atoms with Gasteiger partial charge in [0, 0.05) is 28.9 Å². The number of hydrogen-bond donors (Lipinski definition) is 3. The van der Waals surface area contributed by atoms with Crippen molar-refractivity contribution in [2.45, 2.75) is 6.54 Å². The molecule has 0 radical (unpaired) electrons. The number of carbonyl (C=O) groups is 1. The second-order valence-corrected chi connectivity index (χ2v) is 6.78. The minimum atomic E-state index is -0.836. The largest absolute Gasteiger partial charge is 0.507 e. The third-order valence-corrected chi connectivity index (χ3v) is 4.43. The van der Waals surface area contributed by atoms with E-state index in [1.54, 1.807) is 24.3 Å². The normalized spacial score (nSPS) is 10.9. The average molecular weight is 443 g/mol. The van der Waals surface area contributed by atoms with Gasteiger partial charge in [-0.05, 0) is 29.8 Å². The van der Waals surface area contributed by atoms with Gasteiger partial charge < -0.3 is 14.8 Å². The molecule has 1 amide bonds. The molecule has 3 rings (SSSR count). The number of nitro groups is 1. The first kappa shape index (κ1) is 21.5. The van der Waals surface area contributed by atoms with Crippen molar-refractivity contribution in [3.05, 3.63) is 96.9 Å². The van der Waals surface area contributed by atoms with E-state index in [0.29, 0.717) is 5.02 Å². The number of pyridine rings is 1. The van der Waals surface area contributed by atoms with Gasteiger partial charge in [0.25, 0.3) is 11.5 Å². The Morgan fingerprint density at radius 1 is 1.19 bits per heavy atom. The Morgan fingerprint density at radius 3 is 2.68 bits per heavy atom. The van der Waals surface area contributed by atoms with Crippen LogP contribution >= 0.6 is 11.6 Å². The summed E-state index contributed by atoms with van der Waals surface area (Å²) in [6.45, 7) is 0.203. The monoisotopic (exact) mass is 442 g/mol. The first-order valence-electron chi connectivity index (χ1n) is 8.74. The van der Waals surface area contributed by atoms with Crippen LogP contribution in [0.15, 0.2) is 64.6 Å². The number of phenols is 2. The van der Waals surface area contributed by atoms with Crippen molar-refractivity contribution < 1.29 is 19.9 Å². The molecule has 1 aromatic heterocycles. The minimum Gasteiger partial charge on any atom is -0.507 e. The SMILES string of the molecule is O=C(N/N=C\c1cc([N+](=O)[O-])c(O)cc1O)c1cccn(Cc2cccc(Cl)c2)c1=O. The van der Waals surface area contributed by atoms with E-state index in [2.05, 4.69) is 10.5 Å². The van der Waals surface area contributed by atoms with Crippen molar-refractivity contribution in [3.8, 4) is 11.5 Å². The number of benzene rings is 2. The number of hydrogen-bond acceptors (Lipinski definition) is 7. The summed E-state index contributed by atoms with van der Waals surface area (Å²) in [5.41, 5.74) is 1.41. The Kier molecular flexibility index (Phi) is 6.32. The Bertz CT molecular complexity index is 1250. The zero-order valence-electron chi connectivity index (χ0n) is 15.7. The van der Waals surface area contributed by atoms with Crippen LogP contribution in [0.3, 0.4) is 0 Å². The van der Waals surface area contributed by atoms with Crippen LogP contribution in [0.4, 0.5) is 5.69 Å². The number of nitrogens with one attached hydrogen (secondary N) is 1. The van der Waals surface area contributed by atoms with Crippen molar-refractivity contribution in [1.29, 1.82) is 0 Å². The summed E-state index contributed by atoms with van der Waals surface area (Å²) in [6.07, 6.45) is 2.48. The molecule has 0 saturated carbocycles. The summed E-state index contributed by atoms with van der Waals surface area (Å²) in [5.74, 6) is -2.01. The second-order valence-electron chi connectivity index (χ2n) is 6.34. The van der Waals surface area contributed by atoms with Crippen LogP contribution in [0.1, 0.15) is 21.5 Å². The smallest absolute Gasteiger partial charge is 0.311 e. The highest BCUT2D eigenvalue weighted by atomic mass is 35.5. The zero-order chi connectivity index (χ0) is 22.5. The molecule has 0 bridgehead atoms. The van der Waals surface area contributed by atoms with E-state index in [1.807, 2.05) is 0 Å². The third-order valence-electron chi connectivity index (χ3n) is 4.20. The van der Waals surface area contributed by atoms with Crippen LogP contribution in [0.25, 0.3) is 0 Å². The van der Waals surface area contributed by atoms with Crippen LogP contribution < -0.4 is 11.0 Å². The summed E-state index contributed by atoms with van der Waals surface area (Å²) < 4.78 is 1.33. The number of aromatic hydroxyl groups is 2. The highest BCUT2D eigenvalue weighted by Crippen LogP contribution is 2.31. The quantitative estimate of drug-likeness (QED) is 0.303. The molecule has 158 valence electrons. The number of rotatable bonds is 6. The molecule has 2 aromatic carbocycles. The van der Waals surface area contributed by atoms with Gasteiger partial charge in [0.1, 0.15) is 11.3 Å². The third kappa shape index (κ3) is 5.06. The van der Waals surface area contributed by atoms with E-state index < -0.39 is 33.6 Å². The van der Waals surface area contributed by atoms with E-state index in [0.717, 1.165) is 23.9 Å². The Labute approximate surface area is 179 Å². The Hall–Kier alpha value is -4.18. The van der Waals surface area contributed by atoms with Crippen LogP contribution in [0.5, 0.6) is 11.5 Å². The maximum Gasteiger partial charge on any atom is 0.311 e. The molecule has 1 heterocycles. The van der Waals surface area contributed by atoms with Crippen LogP contribution in [0.2, 0.25) is 5.02 Å². The maximum absolute atomic E-state index is 12.6. The number of nitro benzene ring substituents is 1. The topological polar surface area (TPSA) is 147 Å². The van der Waals surface area contributed by atoms with Gasteiger partial charge >= 0.3 is 5.69 Å². The Balaban J connectivity index is 1.78. The number of halogens is 1. The molecular formula is C20H15ClN4O6. The number of carbonyl (C=O) groups excluding carboxylic acids is 1. The van der Waals surface area contributed by atoms with Crippen molar-refractivity contribution in [2.75, 3.05) is 0 Å². The maximum atomic E-state index is 12.6. The number of phenolic OH excluding ortho intramolecular Hbond substituents is 2. The van der Waals surface area contributed by atoms with Crippen molar-refractivity contribution in [2.24, 2.45) is 5.10 Å². The van der Waals surface area contributed by atoms with Crippen molar-refractivity contribution in [3.63, 3.8) is 0 Å². The lowest BCUT2D eigenvalue weighted by Gasteiger charge is -2.08. The van der Waals surface area contributed by atoms with Gasteiger partial charge in [-0.3, -0.25) is 19.7 Å². The average Bonchev–Trinajstić information content (AvgIpc) is 2.71. The lowest BCUT2D eigenvalue weighted by Crippen LogP contribution is -2.30. The fourth-order valence-corrected chi connectivity index (χ4v) is 2.93. The van der Waals surface area contributed by atoms with Crippen LogP contribution in [0, 0.1) is 10.1 Å². The summed E-state index contributed by atoms with van der Waals surface area (Å²) in [4.78, 5) is 35.0. The number of nitrogens with zero attached hydrogens (tertiary/aromatic N) is 3. The molecular weight excluding hydrogens is 428 g/mol. The molecule has 0 aliphatic heterocycles. The first-order chi connectivity index (χ1) is 14.8. The van der Waals surface area contributed by atoms with Crippen LogP contribution in [-0.4, -0.2) is 31.8 Å². The lowest BCUT2D eigenvalue weighted by molar-refractivity contribution is -0.385. The molecule has 0 fully saturated rings. The summed E-state index contributed by atoms with van der Waals surface area (Å²) in [7, 11) is 0. The number of aromatic nitrogens is 1. The van der Waals surface area contributed by atoms with Gasteiger partial charge in [0.15, 0.2) is 5.75 Å². The summed E-state index contributed by atoms with van der Waals surface area (Å²) in [5, 5.41) is 34.3. The molecule has 0 spiro atoms. The fourth-order valence-electron chi connectivity index (χ4n) is 2.72. The van der Waals surface area contributed by atoms with Gasteiger partial charge in [-0.25, -0.2) is 5.43 Å². The molecule has 10 nitrogen and oxygen atoms in total. The molecule has 0 saturated heterocycles. The van der Waals surface area contributed by atoms with E-state index >= 15 is 0 Å². The zero-order valence-corrected chi connectivity index (χ0v) is 16.5. The minimum absolute atomic E-state index is 0.115. The molecule has 0 aliphatic carbocycles. The molecule has 3 aromatic rings. The van der Waals surface area contributed by atoms with Crippen LogP contribution in [-0.2, 0) is 6.54 Å². The summed E-state index contributed by atoms with van der Waals surface area (Å²) in [6, 6.07) is 11.5. The highest BCUT2D eigenvalue weighted by Gasteiger charge is 2.17.